The Labute approximate surface area is 110 Å². The van der Waals surface area contributed by atoms with Gasteiger partial charge in [0.25, 0.3) is 0 Å². The number of aliphatic hydroxyl groups is 1. The summed E-state index contributed by atoms with van der Waals surface area (Å²) in [6, 6.07) is 10.7. The van der Waals surface area contributed by atoms with Crippen molar-refractivity contribution in [1.29, 1.82) is 0 Å². The normalized spacial score (nSPS) is 20.1. The van der Waals surface area contributed by atoms with Crippen molar-refractivity contribution in [2.45, 2.75) is 57.1 Å². The molecule has 2 rings (SSSR count). The predicted octanol–water partition coefficient (Wildman–Crippen LogP) is 2.40. The van der Waals surface area contributed by atoms with Crippen LogP contribution in [0.1, 0.15) is 56.6 Å². The minimum atomic E-state index is -0.323. The molecule has 0 amide bonds. The molecule has 0 aromatic heterocycles. The third-order valence-electron chi connectivity index (χ3n) is 4.03. The Hall–Kier alpha value is -0.860. The Morgan fingerprint density at radius 3 is 2.28 bits per heavy atom. The Bertz CT molecular complexity index is 317. The van der Waals surface area contributed by atoms with Gasteiger partial charge in [0, 0.05) is 0 Å². The highest BCUT2D eigenvalue weighted by Crippen LogP contribution is 2.15. The molecule has 2 nitrogen and oxygen atoms in total. The van der Waals surface area contributed by atoms with Crippen molar-refractivity contribution in [1.82, 2.24) is 0 Å². The third-order valence-corrected chi connectivity index (χ3v) is 4.03. The van der Waals surface area contributed by atoms with E-state index in [0.717, 1.165) is 18.2 Å². The largest absolute Gasteiger partial charge is 0.382 e. The highest BCUT2D eigenvalue weighted by molar-refractivity contribution is 5.16. The summed E-state index contributed by atoms with van der Waals surface area (Å²) in [5.41, 5.74) is 1.04. The molecule has 0 bridgehead atoms. The Morgan fingerprint density at radius 2 is 1.61 bits per heavy atom. The smallest absolute Gasteiger partial charge is 0.128 e. The standard InChI is InChI=1S/C16H25NO/c18-16(14-9-5-4-6-10-14)13-17-15-11-7-2-1-3-8-12-15/h4-6,9-10,15-18H,1-3,7-8,11-13H2/p+1/t16-/m0/s1. The fourth-order valence-corrected chi connectivity index (χ4v) is 2.86. The van der Waals surface area contributed by atoms with Gasteiger partial charge in [-0.05, 0) is 31.2 Å². The summed E-state index contributed by atoms with van der Waals surface area (Å²) < 4.78 is 0. The maximum absolute atomic E-state index is 10.1. The third kappa shape index (κ3) is 4.43. The van der Waals surface area contributed by atoms with E-state index in [1.807, 2.05) is 30.3 Å². The van der Waals surface area contributed by atoms with E-state index in [4.69, 9.17) is 0 Å². The van der Waals surface area contributed by atoms with E-state index in [0.29, 0.717) is 0 Å². The van der Waals surface area contributed by atoms with E-state index in [-0.39, 0.29) is 6.10 Å². The second kappa shape index (κ2) is 7.55. The Morgan fingerprint density at radius 1 is 1.00 bits per heavy atom. The first-order valence-corrected chi connectivity index (χ1v) is 7.42. The van der Waals surface area contributed by atoms with Crippen molar-refractivity contribution >= 4 is 0 Å². The van der Waals surface area contributed by atoms with Gasteiger partial charge in [-0.3, -0.25) is 0 Å². The molecule has 18 heavy (non-hydrogen) atoms. The first kappa shape index (κ1) is 13.6. The molecule has 0 saturated heterocycles. The molecule has 1 aliphatic carbocycles. The van der Waals surface area contributed by atoms with E-state index in [9.17, 15) is 5.11 Å². The zero-order chi connectivity index (χ0) is 12.6. The van der Waals surface area contributed by atoms with Gasteiger partial charge >= 0.3 is 0 Å². The summed E-state index contributed by atoms with van der Waals surface area (Å²) in [7, 11) is 0. The zero-order valence-electron chi connectivity index (χ0n) is 11.2. The Kier molecular flexibility index (Phi) is 5.69. The van der Waals surface area contributed by atoms with Crippen molar-refractivity contribution < 1.29 is 10.4 Å². The van der Waals surface area contributed by atoms with Crippen molar-refractivity contribution in [3.05, 3.63) is 35.9 Å². The fraction of sp³-hybridized carbons (Fsp3) is 0.625. The van der Waals surface area contributed by atoms with Crippen molar-refractivity contribution in [3.63, 3.8) is 0 Å². The van der Waals surface area contributed by atoms with Gasteiger partial charge in [0.15, 0.2) is 0 Å². The monoisotopic (exact) mass is 248 g/mol. The highest BCUT2D eigenvalue weighted by atomic mass is 16.3. The SMILES string of the molecule is O[C@@H](C[NH2+]C1CCCCCCC1)c1ccccc1. The topological polar surface area (TPSA) is 36.8 Å². The number of quaternary nitrogens is 1. The summed E-state index contributed by atoms with van der Waals surface area (Å²) in [6.45, 7) is 0.800. The van der Waals surface area contributed by atoms with Gasteiger partial charge in [0.1, 0.15) is 12.6 Å². The lowest BCUT2D eigenvalue weighted by Crippen LogP contribution is -2.90. The lowest BCUT2D eigenvalue weighted by molar-refractivity contribution is -0.697. The molecule has 0 unspecified atom stereocenters. The first-order valence-electron chi connectivity index (χ1n) is 7.42. The van der Waals surface area contributed by atoms with Gasteiger partial charge in [-0.25, -0.2) is 0 Å². The second-order valence-corrected chi connectivity index (χ2v) is 5.50. The highest BCUT2D eigenvalue weighted by Gasteiger charge is 2.16. The molecule has 100 valence electrons. The summed E-state index contributed by atoms with van der Waals surface area (Å²) in [6.07, 6.45) is 9.25. The molecular formula is C16H26NO+. The number of aliphatic hydroxyl groups excluding tert-OH is 1. The van der Waals surface area contributed by atoms with Crippen molar-refractivity contribution in [2.75, 3.05) is 6.54 Å². The minimum Gasteiger partial charge on any atom is -0.382 e. The van der Waals surface area contributed by atoms with E-state index in [1.165, 1.54) is 44.9 Å². The maximum Gasteiger partial charge on any atom is 0.128 e. The van der Waals surface area contributed by atoms with E-state index < -0.39 is 0 Å². The predicted molar refractivity (Wildman–Crippen MR) is 74.3 cm³/mol. The number of hydrogen-bond donors (Lipinski definition) is 2. The molecule has 1 aliphatic rings. The van der Waals surface area contributed by atoms with Crippen LogP contribution in [0.2, 0.25) is 0 Å². The molecule has 1 saturated carbocycles. The average Bonchev–Trinajstić information content (AvgIpc) is 2.38. The molecular weight excluding hydrogens is 222 g/mol. The summed E-state index contributed by atoms with van der Waals surface area (Å²) >= 11 is 0. The van der Waals surface area contributed by atoms with Crippen LogP contribution in [0.5, 0.6) is 0 Å². The minimum absolute atomic E-state index is 0.323. The molecule has 3 N–H and O–H groups in total. The molecule has 0 heterocycles. The molecule has 1 aromatic carbocycles. The molecule has 0 aliphatic heterocycles. The summed E-state index contributed by atoms with van der Waals surface area (Å²) in [4.78, 5) is 0. The van der Waals surface area contributed by atoms with Crippen LogP contribution in [-0.4, -0.2) is 17.7 Å². The van der Waals surface area contributed by atoms with Gasteiger partial charge in [-0.2, -0.15) is 0 Å². The van der Waals surface area contributed by atoms with Crippen LogP contribution in [0.15, 0.2) is 30.3 Å². The Balaban J connectivity index is 1.76. The maximum atomic E-state index is 10.1. The molecule has 1 aromatic rings. The molecule has 1 fully saturated rings. The number of rotatable bonds is 4. The molecule has 0 radical (unpaired) electrons. The van der Waals surface area contributed by atoms with Crippen LogP contribution < -0.4 is 5.32 Å². The zero-order valence-corrected chi connectivity index (χ0v) is 11.2. The summed E-state index contributed by atoms with van der Waals surface area (Å²) in [5.74, 6) is 0. The lowest BCUT2D eigenvalue weighted by Gasteiger charge is -2.20. The van der Waals surface area contributed by atoms with Crippen LogP contribution in [0.4, 0.5) is 0 Å². The van der Waals surface area contributed by atoms with Crippen molar-refractivity contribution in [2.24, 2.45) is 0 Å². The second-order valence-electron chi connectivity index (χ2n) is 5.50. The van der Waals surface area contributed by atoms with Crippen molar-refractivity contribution in [3.8, 4) is 0 Å². The molecule has 1 atom stereocenters. The lowest BCUT2D eigenvalue weighted by atomic mass is 9.96. The number of benzene rings is 1. The fourth-order valence-electron chi connectivity index (χ4n) is 2.86. The van der Waals surface area contributed by atoms with Crippen LogP contribution >= 0.6 is 0 Å². The molecule has 2 heteroatoms. The van der Waals surface area contributed by atoms with Gasteiger partial charge in [-0.1, -0.05) is 49.6 Å². The van der Waals surface area contributed by atoms with Gasteiger partial charge in [-0.15, -0.1) is 0 Å². The first-order chi connectivity index (χ1) is 8.86. The van der Waals surface area contributed by atoms with Gasteiger partial charge in [0.05, 0.1) is 6.04 Å². The van der Waals surface area contributed by atoms with Crippen LogP contribution in [-0.2, 0) is 0 Å². The van der Waals surface area contributed by atoms with E-state index in [1.54, 1.807) is 0 Å². The van der Waals surface area contributed by atoms with Crippen LogP contribution in [0.3, 0.4) is 0 Å². The van der Waals surface area contributed by atoms with Crippen LogP contribution in [0, 0.1) is 0 Å². The van der Waals surface area contributed by atoms with E-state index >= 15 is 0 Å². The molecule has 0 spiro atoms. The van der Waals surface area contributed by atoms with Gasteiger partial charge in [0.2, 0.25) is 0 Å². The average molecular weight is 248 g/mol. The van der Waals surface area contributed by atoms with E-state index in [2.05, 4.69) is 5.32 Å². The summed E-state index contributed by atoms with van der Waals surface area (Å²) in [5, 5.41) is 12.5. The van der Waals surface area contributed by atoms with Gasteiger partial charge < -0.3 is 10.4 Å². The number of nitrogens with two attached hydrogens (primary N) is 1. The van der Waals surface area contributed by atoms with Crippen LogP contribution in [0.25, 0.3) is 0 Å². The number of hydrogen-bond acceptors (Lipinski definition) is 1. The quantitative estimate of drug-likeness (QED) is 0.843.